The lowest BCUT2D eigenvalue weighted by Crippen LogP contribution is -1.81. The van der Waals surface area contributed by atoms with E-state index in [1.165, 1.54) is 6.07 Å². The van der Waals surface area contributed by atoms with Gasteiger partial charge in [-0.25, -0.2) is 4.39 Å². The molecule has 0 N–H and O–H groups in total. The molecular formula is C8H3Br2FN2O. The summed E-state index contributed by atoms with van der Waals surface area (Å²) in [5.41, 5.74) is 0.663. The number of nitrogens with zero attached hydrogens (tertiary/aromatic N) is 2. The molecule has 0 saturated carbocycles. The summed E-state index contributed by atoms with van der Waals surface area (Å²) in [4.78, 5) is 3.95. The van der Waals surface area contributed by atoms with Gasteiger partial charge >= 0.3 is 0 Å². The van der Waals surface area contributed by atoms with Crippen LogP contribution in [0, 0.1) is 5.82 Å². The van der Waals surface area contributed by atoms with Crippen molar-refractivity contribution in [2.45, 2.75) is 0 Å². The van der Waals surface area contributed by atoms with E-state index in [4.69, 9.17) is 4.52 Å². The predicted octanol–water partition coefficient (Wildman–Crippen LogP) is 3.40. The zero-order valence-electron chi connectivity index (χ0n) is 6.67. The largest absolute Gasteiger partial charge is 0.333 e. The van der Waals surface area contributed by atoms with Crippen LogP contribution in [-0.2, 0) is 0 Å². The summed E-state index contributed by atoms with van der Waals surface area (Å²) in [6, 6.07) is 4.48. The molecule has 14 heavy (non-hydrogen) atoms. The summed E-state index contributed by atoms with van der Waals surface area (Å²) in [5.74, 6) is 0.0184. The highest BCUT2D eigenvalue weighted by molar-refractivity contribution is 9.10. The highest BCUT2D eigenvalue weighted by atomic mass is 79.9. The Hall–Kier alpha value is -0.750. The minimum absolute atomic E-state index is 0.327. The highest BCUT2D eigenvalue weighted by Gasteiger charge is 2.08. The molecule has 0 saturated heterocycles. The first-order valence-electron chi connectivity index (χ1n) is 3.61. The maximum absolute atomic E-state index is 12.9. The summed E-state index contributed by atoms with van der Waals surface area (Å²) in [6.45, 7) is 0. The Labute approximate surface area is 95.6 Å². The van der Waals surface area contributed by atoms with Crippen LogP contribution in [0.4, 0.5) is 4.39 Å². The third-order valence-electron chi connectivity index (χ3n) is 1.57. The van der Waals surface area contributed by atoms with Crippen molar-refractivity contribution < 1.29 is 8.91 Å². The van der Waals surface area contributed by atoms with Crippen molar-refractivity contribution in [3.8, 4) is 11.5 Å². The van der Waals surface area contributed by atoms with Crippen molar-refractivity contribution in [2.24, 2.45) is 0 Å². The second-order valence-electron chi connectivity index (χ2n) is 2.50. The van der Waals surface area contributed by atoms with Crippen LogP contribution < -0.4 is 0 Å². The van der Waals surface area contributed by atoms with Gasteiger partial charge in [-0.1, -0.05) is 0 Å². The van der Waals surface area contributed by atoms with E-state index in [2.05, 4.69) is 42.0 Å². The Morgan fingerprint density at radius 1 is 1.29 bits per heavy atom. The van der Waals surface area contributed by atoms with Crippen molar-refractivity contribution in [2.75, 3.05) is 0 Å². The van der Waals surface area contributed by atoms with E-state index in [9.17, 15) is 4.39 Å². The topological polar surface area (TPSA) is 38.9 Å². The molecule has 0 atom stereocenters. The van der Waals surface area contributed by atoms with E-state index < -0.39 is 0 Å². The molecule has 0 spiro atoms. The van der Waals surface area contributed by atoms with Crippen LogP contribution in [-0.4, -0.2) is 10.1 Å². The second-order valence-corrected chi connectivity index (χ2v) is 4.06. The maximum atomic E-state index is 12.9. The molecule has 72 valence electrons. The van der Waals surface area contributed by atoms with Crippen LogP contribution in [0.15, 0.2) is 31.9 Å². The van der Waals surface area contributed by atoms with E-state index in [1.807, 2.05) is 0 Å². The quantitative estimate of drug-likeness (QED) is 0.808. The molecular weight excluding hydrogens is 319 g/mol. The van der Waals surface area contributed by atoms with E-state index >= 15 is 0 Å². The smallest absolute Gasteiger partial charge is 0.258 e. The van der Waals surface area contributed by atoms with E-state index in [1.54, 1.807) is 12.1 Å². The zero-order valence-corrected chi connectivity index (χ0v) is 9.84. The number of rotatable bonds is 1. The average Bonchev–Trinajstić information content (AvgIpc) is 2.57. The molecule has 0 aliphatic rings. The van der Waals surface area contributed by atoms with Crippen molar-refractivity contribution in [1.29, 1.82) is 0 Å². The lowest BCUT2D eigenvalue weighted by molar-refractivity contribution is 0.426. The minimum atomic E-state index is -0.327. The van der Waals surface area contributed by atoms with Gasteiger partial charge in [0.1, 0.15) is 5.82 Å². The monoisotopic (exact) mass is 320 g/mol. The first-order chi connectivity index (χ1) is 6.66. The Bertz CT molecular complexity index is 472. The number of hydrogen-bond acceptors (Lipinski definition) is 3. The van der Waals surface area contributed by atoms with Crippen molar-refractivity contribution >= 4 is 31.9 Å². The average molecular weight is 322 g/mol. The number of aromatic nitrogens is 2. The van der Waals surface area contributed by atoms with Gasteiger partial charge in [-0.3, -0.25) is 0 Å². The predicted molar refractivity (Wildman–Crippen MR) is 55.1 cm³/mol. The van der Waals surface area contributed by atoms with Crippen LogP contribution in [0.25, 0.3) is 11.5 Å². The van der Waals surface area contributed by atoms with Gasteiger partial charge in [-0.2, -0.15) is 4.98 Å². The van der Waals surface area contributed by atoms with Crippen LogP contribution in [0.3, 0.4) is 0 Å². The molecule has 0 radical (unpaired) electrons. The molecule has 2 rings (SSSR count). The van der Waals surface area contributed by atoms with Crippen LogP contribution in [0.1, 0.15) is 0 Å². The first kappa shape index (κ1) is 9.79. The fourth-order valence-corrected chi connectivity index (χ4v) is 1.56. The Balaban J connectivity index is 2.47. The van der Waals surface area contributed by atoms with Crippen molar-refractivity contribution in [3.63, 3.8) is 0 Å². The fourth-order valence-electron chi connectivity index (χ4n) is 0.952. The normalized spacial score (nSPS) is 10.5. The molecule has 0 unspecified atom stereocenters. The summed E-state index contributed by atoms with van der Waals surface area (Å²) in [5, 5.41) is 3.57. The molecule has 1 heterocycles. The van der Waals surface area contributed by atoms with Gasteiger partial charge in [-0.15, -0.1) is 0 Å². The van der Waals surface area contributed by atoms with Crippen LogP contribution in [0.5, 0.6) is 0 Å². The summed E-state index contributed by atoms with van der Waals surface area (Å²) < 4.78 is 18.5. The van der Waals surface area contributed by atoms with Gasteiger partial charge in [0.05, 0.1) is 4.47 Å². The van der Waals surface area contributed by atoms with Gasteiger partial charge in [0.2, 0.25) is 4.73 Å². The van der Waals surface area contributed by atoms with Gasteiger partial charge in [0, 0.05) is 5.56 Å². The second kappa shape index (κ2) is 3.78. The van der Waals surface area contributed by atoms with E-state index in [0.717, 1.165) is 0 Å². The minimum Gasteiger partial charge on any atom is -0.333 e. The van der Waals surface area contributed by atoms with E-state index in [0.29, 0.717) is 20.7 Å². The summed E-state index contributed by atoms with van der Waals surface area (Å²) >= 11 is 6.13. The molecule has 0 fully saturated rings. The van der Waals surface area contributed by atoms with E-state index in [-0.39, 0.29) is 5.82 Å². The van der Waals surface area contributed by atoms with Gasteiger partial charge in [0.25, 0.3) is 5.89 Å². The molecule has 6 heteroatoms. The molecule has 1 aromatic carbocycles. The Morgan fingerprint density at radius 3 is 2.64 bits per heavy atom. The molecule has 0 amide bonds. The molecule has 0 aliphatic carbocycles. The summed E-state index contributed by atoms with van der Waals surface area (Å²) in [6.07, 6.45) is 0. The fraction of sp³-hybridized carbons (Fsp3) is 0. The third-order valence-corrected chi connectivity index (χ3v) is 2.50. The van der Waals surface area contributed by atoms with Gasteiger partial charge in [0.15, 0.2) is 0 Å². The van der Waals surface area contributed by atoms with Crippen LogP contribution in [0.2, 0.25) is 0 Å². The Morgan fingerprint density at radius 2 is 2.07 bits per heavy atom. The van der Waals surface area contributed by atoms with Crippen molar-refractivity contribution in [3.05, 3.63) is 33.2 Å². The number of halogens is 3. The SMILES string of the molecule is Fc1ccc(-c2nc(Br)no2)cc1Br. The standard InChI is InChI=1S/C8H3Br2FN2O/c9-5-3-4(1-2-6(5)11)7-12-8(10)13-14-7/h1-3H. The molecule has 2 aromatic rings. The third kappa shape index (κ3) is 1.85. The van der Waals surface area contributed by atoms with Gasteiger partial charge in [-0.05, 0) is 55.2 Å². The maximum Gasteiger partial charge on any atom is 0.258 e. The number of hydrogen-bond donors (Lipinski definition) is 0. The van der Waals surface area contributed by atoms with Crippen molar-refractivity contribution in [1.82, 2.24) is 10.1 Å². The first-order valence-corrected chi connectivity index (χ1v) is 5.20. The van der Waals surface area contributed by atoms with Crippen LogP contribution >= 0.6 is 31.9 Å². The zero-order chi connectivity index (χ0) is 10.1. The summed E-state index contributed by atoms with van der Waals surface area (Å²) in [7, 11) is 0. The van der Waals surface area contributed by atoms with Gasteiger partial charge < -0.3 is 4.52 Å². The molecule has 0 bridgehead atoms. The lowest BCUT2D eigenvalue weighted by Gasteiger charge is -1.96. The molecule has 0 aliphatic heterocycles. The molecule has 1 aromatic heterocycles. The Kier molecular flexibility index (Phi) is 2.64. The lowest BCUT2D eigenvalue weighted by atomic mass is 10.2. The number of benzene rings is 1. The highest BCUT2D eigenvalue weighted by Crippen LogP contribution is 2.24. The molecule has 3 nitrogen and oxygen atoms in total.